The van der Waals surface area contributed by atoms with Gasteiger partial charge in [0.2, 0.25) is 0 Å². The Labute approximate surface area is 90.0 Å². The number of rotatable bonds is 1. The number of hydrogen-bond acceptors (Lipinski definition) is 2. The monoisotopic (exact) mass is 204 g/mol. The molecule has 0 aromatic carbocycles. The minimum Gasteiger partial charge on any atom is -0.363 e. The highest BCUT2D eigenvalue weighted by atomic mass is 16.5. The van der Waals surface area contributed by atoms with Crippen molar-refractivity contribution in [3.05, 3.63) is 24.3 Å². The lowest BCUT2D eigenvalue weighted by molar-refractivity contribution is -0.133. The van der Waals surface area contributed by atoms with Gasteiger partial charge in [-0.05, 0) is 25.2 Å². The van der Waals surface area contributed by atoms with Gasteiger partial charge in [0.25, 0.3) is 0 Å². The number of hydrogen-bond donors (Lipinski definition) is 0. The summed E-state index contributed by atoms with van der Waals surface area (Å²) in [6.07, 6.45) is 13.9. The average Bonchev–Trinajstić information content (AvgIpc) is 2.64. The molecule has 1 saturated heterocycles. The van der Waals surface area contributed by atoms with Crippen LogP contribution in [-0.2, 0) is 9.53 Å². The van der Waals surface area contributed by atoms with Crippen molar-refractivity contribution in [1.82, 2.24) is 0 Å². The molecular weight excluding hydrogens is 188 g/mol. The van der Waals surface area contributed by atoms with Gasteiger partial charge in [-0.3, -0.25) is 0 Å². The number of ether oxygens (including phenoxy) is 1. The second-order valence-electron chi connectivity index (χ2n) is 4.85. The molecule has 1 aliphatic heterocycles. The maximum Gasteiger partial charge on any atom is 0.152 e. The summed E-state index contributed by atoms with van der Waals surface area (Å²) in [6, 6.07) is 0. The van der Waals surface area contributed by atoms with E-state index in [9.17, 15) is 4.79 Å². The van der Waals surface area contributed by atoms with Gasteiger partial charge in [0.15, 0.2) is 6.29 Å². The van der Waals surface area contributed by atoms with Gasteiger partial charge < -0.3 is 9.53 Å². The Balaban J connectivity index is 1.95. The molecule has 1 heterocycles. The van der Waals surface area contributed by atoms with E-state index in [0.29, 0.717) is 11.8 Å². The SMILES string of the molecule is O=C[C@@]12CC=CC[C@H]1[C@@H]1CC=CC[C@@H]1O2. The first-order chi connectivity index (χ1) is 7.36. The van der Waals surface area contributed by atoms with Gasteiger partial charge in [-0.25, -0.2) is 0 Å². The Bertz CT molecular complexity index is 331. The van der Waals surface area contributed by atoms with E-state index >= 15 is 0 Å². The molecule has 0 bridgehead atoms. The van der Waals surface area contributed by atoms with E-state index in [1.54, 1.807) is 0 Å². The van der Waals surface area contributed by atoms with Crippen molar-refractivity contribution in [2.24, 2.45) is 11.8 Å². The van der Waals surface area contributed by atoms with Crippen LogP contribution in [0.25, 0.3) is 0 Å². The summed E-state index contributed by atoms with van der Waals surface area (Å²) in [5, 5.41) is 0. The first-order valence-electron chi connectivity index (χ1n) is 5.80. The van der Waals surface area contributed by atoms with Crippen molar-refractivity contribution in [3.63, 3.8) is 0 Å². The number of aldehydes is 1. The summed E-state index contributed by atoms with van der Waals surface area (Å²) in [7, 11) is 0. The highest BCUT2D eigenvalue weighted by Crippen LogP contribution is 2.49. The van der Waals surface area contributed by atoms with Gasteiger partial charge in [-0.1, -0.05) is 24.3 Å². The molecule has 0 saturated carbocycles. The van der Waals surface area contributed by atoms with Crippen molar-refractivity contribution in [3.8, 4) is 0 Å². The third kappa shape index (κ3) is 1.24. The molecule has 2 heteroatoms. The minimum atomic E-state index is -0.490. The van der Waals surface area contributed by atoms with Crippen molar-refractivity contribution in [2.45, 2.75) is 37.4 Å². The molecule has 80 valence electrons. The molecule has 0 spiro atoms. The predicted molar refractivity (Wildman–Crippen MR) is 57.4 cm³/mol. The van der Waals surface area contributed by atoms with Crippen molar-refractivity contribution < 1.29 is 9.53 Å². The fourth-order valence-corrected chi connectivity index (χ4v) is 3.35. The van der Waals surface area contributed by atoms with Gasteiger partial charge >= 0.3 is 0 Å². The van der Waals surface area contributed by atoms with Crippen molar-refractivity contribution >= 4 is 6.29 Å². The van der Waals surface area contributed by atoms with Crippen LogP contribution in [0.3, 0.4) is 0 Å². The van der Waals surface area contributed by atoms with Crippen LogP contribution in [0.15, 0.2) is 24.3 Å². The van der Waals surface area contributed by atoms with Crippen LogP contribution >= 0.6 is 0 Å². The van der Waals surface area contributed by atoms with Gasteiger partial charge in [-0.2, -0.15) is 0 Å². The topological polar surface area (TPSA) is 26.3 Å². The van der Waals surface area contributed by atoms with Gasteiger partial charge in [0.1, 0.15) is 5.60 Å². The van der Waals surface area contributed by atoms with Crippen LogP contribution in [0, 0.1) is 11.8 Å². The molecule has 3 rings (SSSR count). The summed E-state index contributed by atoms with van der Waals surface area (Å²) in [5.74, 6) is 0.972. The van der Waals surface area contributed by atoms with Gasteiger partial charge in [-0.15, -0.1) is 0 Å². The molecule has 2 nitrogen and oxygen atoms in total. The fraction of sp³-hybridized carbons (Fsp3) is 0.615. The van der Waals surface area contributed by atoms with E-state index in [4.69, 9.17) is 4.74 Å². The third-order valence-electron chi connectivity index (χ3n) is 4.13. The summed E-state index contributed by atoms with van der Waals surface area (Å²) < 4.78 is 6.04. The van der Waals surface area contributed by atoms with Crippen molar-refractivity contribution in [2.75, 3.05) is 0 Å². The first-order valence-corrected chi connectivity index (χ1v) is 5.80. The second kappa shape index (κ2) is 3.31. The van der Waals surface area contributed by atoms with E-state index in [1.165, 1.54) is 0 Å². The molecular formula is C13H16O2. The molecule has 0 aromatic heterocycles. The van der Waals surface area contributed by atoms with E-state index in [1.807, 2.05) is 0 Å². The molecule has 15 heavy (non-hydrogen) atoms. The van der Waals surface area contributed by atoms with E-state index < -0.39 is 5.60 Å². The van der Waals surface area contributed by atoms with Crippen LogP contribution < -0.4 is 0 Å². The fourth-order valence-electron chi connectivity index (χ4n) is 3.35. The Hall–Kier alpha value is -0.890. The van der Waals surface area contributed by atoms with Gasteiger partial charge in [0.05, 0.1) is 6.10 Å². The number of carbonyl (C=O) groups excluding carboxylic acids is 1. The van der Waals surface area contributed by atoms with Crippen LogP contribution in [0.5, 0.6) is 0 Å². The van der Waals surface area contributed by atoms with Crippen LogP contribution in [0.4, 0.5) is 0 Å². The molecule has 4 atom stereocenters. The first kappa shape index (κ1) is 9.34. The number of fused-ring (bicyclic) bond motifs is 3. The standard InChI is InChI=1S/C13H16O2/c14-9-13-8-4-3-6-11(13)10-5-1-2-7-12(10)15-13/h1-4,9-12H,5-8H2/t10-,11-,12-,13-/m0/s1. The molecule has 0 N–H and O–H groups in total. The second-order valence-corrected chi connectivity index (χ2v) is 4.85. The average molecular weight is 204 g/mol. The highest BCUT2D eigenvalue weighted by Gasteiger charge is 2.54. The Kier molecular flexibility index (Phi) is 2.06. The maximum atomic E-state index is 11.3. The summed E-state index contributed by atoms with van der Waals surface area (Å²) in [5.41, 5.74) is -0.490. The molecule has 0 aromatic rings. The lowest BCUT2D eigenvalue weighted by Gasteiger charge is -2.31. The Morgan fingerprint density at radius 1 is 1.13 bits per heavy atom. The Morgan fingerprint density at radius 2 is 1.93 bits per heavy atom. The molecule has 3 aliphatic rings. The zero-order valence-electron chi connectivity index (χ0n) is 8.76. The Morgan fingerprint density at radius 3 is 2.80 bits per heavy atom. The number of allylic oxidation sites excluding steroid dienone is 2. The summed E-state index contributed by atoms with van der Waals surface area (Å²) in [6.45, 7) is 0. The molecule has 2 aliphatic carbocycles. The highest BCUT2D eigenvalue weighted by molar-refractivity contribution is 5.65. The smallest absolute Gasteiger partial charge is 0.152 e. The van der Waals surface area contributed by atoms with E-state index in [-0.39, 0.29) is 6.10 Å². The van der Waals surface area contributed by atoms with Crippen LogP contribution in [0.2, 0.25) is 0 Å². The zero-order valence-corrected chi connectivity index (χ0v) is 8.76. The van der Waals surface area contributed by atoms with E-state index in [2.05, 4.69) is 24.3 Å². The van der Waals surface area contributed by atoms with Crippen molar-refractivity contribution in [1.29, 1.82) is 0 Å². The molecule has 0 unspecified atom stereocenters. The zero-order chi connectivity index (χ0) is 10.3. The van der Waals surface area contributed by atoms with E-state index in [0.717, 1.165) is 32.0 Å². The summed E-state index contributed by atoms with van der Waals surface area (Å²) >= 11 is 0. The normalized spacial score (nSPS) is 47.3. The predicted octanol–water partition coefficient (Wildman–Crippen LogP) is 2.26. The largest absolute Gasteiger partial charge is 0.363 e. The van der Waals surface area contributed by atoms with Crippen LogP contribution in [-0.4, -0.2) is 18.0 Å². The summed E-state index contributed by atoms with van der Waals surface area (Å²) in [4.78, 5) is 11.3. The molecule has 0 amide bonds. The number of carbonyl (C=O) groups is 1. The lowest BCUT2D eigenvalue weighted by atomic mass is 9.71. The molecule has 0 radical (unpaired) electrons. The van der Waals surface area contributed by atoms with Gasteiger partial charge in [0, 0.05) is 12.3 Å². The third-order valence-corrected chi connectivity index (χ3v) is 4.13. The van der Waals surface area contributed by atoms with Crippen LogP contribution in [0.1, 0.15) is 25.7 Å². The quantitative estimate of drug-likeness (QED) is 0.483. The minimum absolute atomic E-state index is 0.282. The maximum absolute atomic E-state index is 11.3. The molecule has 1 fully saturated rings. The lowest BCUT2D eigenvalue weighted by Crippen LogP contribution is -2.39.